The van der Waals surface area contributed by atoms with Crippen LogP contribution in [0.4, 0.5) is 0 Å². The Morgan fingerprint density at radius 3 is 2.91 bits per heavy atom. The zero-order valence-electron chi connectivity index (χ0n) is 5.51. The SMILES string of the molecule is c1cc(-c2ncsn2)cnn1. The Bertz CT molecular complexity index is 318. The van der Waals surface area contributed by atoms with E-state index in [4.69, 9.17) is 0 Å². The maximum absolute atomic E-state index is 4.05. The lowest BCUT2D eigenvalue weighted by molar-refractivity contribution is 1.03. The molecular formula is C6H4N4S. The second-order valence-corrected chi connectivity index (χ2v) is 2.49. The summed E-state index contributed by atoms with van der Waals surface area (Å²) in [6.07, 6.45) is 3.26. The van der Waals surface area contributed by atoms with Crippen LogP contribution < -0.4 is 0 Å². The molecule has 0 bridgehead atoms. The van der Waals surface area contributed by atoms with Crippen LogP contribution in [0.15, 0.2) is 24.0 Å². The van der Waals surface area contributed by atoms with Crippen LogP contribution in [0.3, 0.4) is 0 Å². The molecule has 4 nitrogen and oxygen atoms in total. The Balaban J connectivity index is 2.46. The largest absolute Gasteiger partial charge is 0.223 e. The predicted octanol–water partition coefficient (Wildman–Crippen LogP) is 0.995. The van der Waals surface area contributed by atoms with Gasteiger partial charge >= 0.3 is 0 Å². The fraction of sp³-hybridized carbons (Fsp3) is 0. The van der Waals surface area contributed by atoms with Crippen molar-refractivity contribution in [2.45, 2.75) is 0 Å². The molecule has 0 spiro atoms. The van der Waals surface area contributed by atoms with Gasteiger partial charge in [-0.2, -0.15) is 14.6 Å². The molecule has 5 heteroatoms. The molecule has 0 fully saturated rings. The molecule has 0 aliphatic heterocycles. The molecule has 11 heavy (non-hydrogen) atoms. The number of hydrogen-bond acceptors (Lipinski definition) is 5. The molecule has 2 aromatic rings. The zero-order valence-corrected chi connectivity index (χ0v) is 6.32. The highest BCUT2D eigenvalue weighted by Crippen LogP contribution is 2.11. The lowest BCUT2D eigenvalue weighted by Crippen LogP contribution is -1.82. The van der Waals surface area contributed by atoms with Crippen molar-refractivity contribution >= 4 is 11.5 Å². The first kappa shape index (κ1) is 6.36. The molecule has 0 amide bonds. The molecule has 0 radical (unpaired) electrons. The van der Waals surface area contributed by atoms with Crippen molar-refractivity contribution < 1.29 is 0 Å². The Hall–Kier alpha value is -1.36. The van der Waals surface area contributed by atoms with Crippen LogP contribution >= 0.6 is 11.5 Å². The van der Waals surface area contributed by atoms with Gasteiger partial charge in [0, 0.05) is 5.56 Å². The number of hydrogen-bond donors (Lipinski definition) is 0. The summed E-state index contributed by atoms with van der Waals surface area (Å²) in [6.45, 7) is 0. The van der Waals surface area contributed by atoms with Gasteiger partial charge in [0.1, 0.15) is 5.51 Å². The highest BCUT2D eigenvalue weighted by Gasteiger charge is 1.98. The summed E-state index contributed by atoms with van der Waals surface area (Å²) in [5.74, 6) is 0.713. The van der Waals surface area contributed by atoms with Crippen LogP contribution in [-0.4, -0.2) is 19.6 Å². The summed E-state index contributed by atoms with van der Waals surface area (Å²) in [5.41, 5.74) is 2.59. The maximum atomic E-state index is 4.05. The Kier molecular flexibility index (Phi) is 1.57. The molecule has 0 atom stereocenters. The lowest BCUT2D eigenvalue weighted by atomic mass is 10.3. The molecule has 0 unspecified atom stereocenters. The average molecular weight is 164 g/mol. The Labute approximate surface area is 67.1 Å². The van der Waals surface area contributed by atoms with Crippen LogP contribution in [-0.2, 0) is 0 Å². The summed E-state index contributed by atoms with van der Waals surface area (Å²) in [7, 11) is 0. The summed E-state index contributed by atoms with van der Waals surface area (Å²) in [6, 6.07) is 1.83. The van der Waals surface area contributed by atoms with Crippen molar-refractivity contribution in [2.75, 3.05) is 0 Å². The maximum Gasteiger partial charge on any atom is 0.174 e. The lowest BCUT2D eigenvalue weighted by Gasteiger charge is -1.89. The fourth-order valence-electron chi connectivity index (χ4n) is 0.721. The van der Waals surface area contributed by atoms with Crippen molar-refractivity contribution in [1.29, 1.82) is 0 Å². The highest BCUT2D eigenvalue weighted by atomic mass is 32.1. The van der Waals surface area contributed by atoms with Gasteiger partial charge in [-0.05, 0) is 17.6 Å². The summed E-state index contributed by atoms with van der Waals surface area (Å²) in [4.78, 5) is 4.03. The van der Waals surface area contributed by atoms with Crippen LogP contribution in [0.2, 0.25) is 0 Å². The summed E-state index contributed by atoms with van der Waals surface area (Å²) >= 11 is 1.33. The van der Waals surface area contributed by atoms with Gasteiger partial charge in [0.15, 0.2) is 5.82 Å². The monoisotopic (exact) mass is 164 g/mol. The van der Waals surface area contributed by atoms with Gasteiger partial charge in [0.05, 0.1) is 12.4 Å². The molecular weight excluding hydrogens is 160 g/mol. The van der Waals surface area contributed by atoms with E-state index in [1.807, 2.05) is 6.07 Å². The van der Waals surface area contributed by atoms with Crippen LogP contribution in [0, 0.1) is 0 Å². The number of aromatic nitrogens is 4. The molecule has 2 rings (SSSR count). The molecule has 0 saturated heterocycles. The van der Waals surface area contributed by atoms with E-state index in [0.29, 0.717) is 5.82 Å². The third kappa shape index (κ3) is 1.22. The van der Waals surface area contributed by atoms with Gasteiger partial charge in [-0.3, -0.25) is 0 Å². The van der Waals surface area contributed by atoms with Gasteiger partial charge in [0.25, 0.3) is 0 Å². The summed E-state index contributed by atoms with van der Waals surface area (Å²) < 4.78 is 4.05. The van der Waals surface area contributed by atoms with E-state index >= 15 is 0 Å². The van der Waals surface area contributed by atoms with Crippen molar-refractivity contribution in [3.8, 4) is 11.4 Å². The third-order valence-electron chi connectivity index (χ3n) is 1.20. The van der Waals surface area contributed by atoms with E-state index in [1.54, 1.807) is 17.9 Å². The van der Waals surface area contributed by atoms with Gasteiger partial charge in [-0.1, -0.05) is 0 Å². The highest BCUT2D eigenvalue weighted by molar-refractivity contribution is 7.03. The average Bonchev–Trinajstić information content (AvgIpc) is 2.58. The molecule has 0 aromatic carbocycles. The van der Waals surface area contributed by atoms with E-state index in [1.165, 1.54) is 11.5 Å². The first-order valence-electron chi connectivity index (χ1n) is 3.00. The second-order valence-electron chi connectivity index (χ2n) is 1.89. The molecule has 0 N–H and O–H groups in total. The Morgan fingerprint density at radius 2 is 2.27 bits per heavy atom. The third-order valence-corrected chi connectivity index (χ3v) is 1.68. The van der Waals surface area contributed by atoms with E-state index in [-0.39, 0.29) is 0 Å². The quantitative estimate of drug-likeness (QED) is 0.630. The Morgan fingerprint density at radius 1 is 1.27 bits per heavy atom. The molecule has 2 aromatic heterocycles. The zero-order chi connectivity index (χ0) is 7.52. The minimum atomic E-state index is 0.713. The first-order chi connectivity index (χ1) is 5.47. The first-order valence-corrected chi connectivity index (χ1v) is 3.84. The molecule has 2 heterocycles. The molecule has 0 saturated carbocycles. The van der Waals surface area contributed by atoms with Gasteiger partial charge in [-0.15, -0.1) is 0 Å². The van der Waals surface area contributed by atoms with E-state index < -0.39 is 0 Å². The number of nitrogens with zero attached hydrogens (tertiary/aromatic N) is 4. The van der Waals surface area contributed by atoms with Crippen molar-refractivity contribution in [3.05, 3.63) is 24.0 Å². The second kappa shape index (κ2) is 2.71. The summed E-state index contributed by atoms with van der Waals surface area (Å²) in [5, 5.41) is 7.37. The van der Waals surface area contributed by atoms with Gasteiger partial charge in [0.2, 0.25) is 0 Å². The molecule has 54 valence electrons. The van der Waals surface area contributed by atoms with Crippen LogP contribution in [0.5, 0.6) is 0 Å². The van der Waals surface area contributed by atoms with Crippen molar-refractivity contribution in [2.24, 2.45) is 0 Å². The standard InChI is InChI=1S/C6H4N4S/c1-2-8-9-3-5(1)6-7-4-11-10-6/h1-4H. The van der Waals surface area contributed by atoms with Gasteiger partial charge < -0.3 is 0 Å². The fourth-order valence-corrected chi connectivity index (χ4v) is 1.17. The smallest absolute Gasteiger partial charge is 0.174 e. The predicted molar refractivity (Wildman–Crippen MR) is 40.9 cm³/mol. The number of rotatable bonds is 1. The normalized spacial score (nSPS) is 9.82. The molecule has 0 aliphatic carbocycles. The van der Waals surface area contributed by atoms with Crippen LogP contribution in [0.1, 0.15) is 0 Å². The van der Waals surface area contributed by atoms with E-state index in [9.17, 15) is 0 Å². The minimum absolute atomic E-state index is 0.713. The van der Waals surface area contributed by atoms with E-state index in [0.717, 1.165) is 5.56 Å². The van der Waals surface area contributed by atoms with Crippen molar-refractivity contribution in [3.63, 3.8) is 0 Å². The topological polar surface area (TPSA) is 51.6 Å². The minimum Gasteiger partial charge on any atom is -0.223 e. The van der Waals surface area contributed by atoms with Crippen LogP contribution in [0.25, 0.3) is 11.4 Å². The van der Waals surface area contributed by atoms with E-state index in [2.05, 4.69) is 19.6 Å². The van der Waals surface area contributed by atoms with Crippen molar-refractivity contribution in [1.82, 2.24) is 19.6 Å². The van der Waals surface area contributed by atoms with Gasteiger partial charge in [-0.25, -0.2) is 4.98 Å². The molecule has 0 aliphatic rings.